The van der Waals surface area contributed by atoms with Gasteiger partial charge in [0, 0.05) is 37.4 Å². The zero-order valence-corrected chi connectivity index (χ0v) is 16.0. The third-order valence-electron chi connectivity index (χ3n) is 4.91. The van der Waals surface area contributed by atoms with Crippen molar-refractivity contribution in [3.63, 3.8) is 0 Å². The number of rotatable bonds is 3. The Morgan fingerprint density at radius 1 is 0.889 bits per heavy atom. The molecular weight excluding hydrogens is 359 g/mol. The van der Waals surface area contributed by atoms with Crippen molar-refractivity contribution < 1.29 is 8.81 Å². The fraction of sp³-hybridized carbons (Fsp3) is 0.227. The van der Waals surface area contributed by atoms with E-state index >= 15 is 0 Å². The third kappa shape index (κ3) is 3.88. The van der Waals surface area contributed by atoms with Crippen LogP contribution in [0.15, 0.2) is 65.1 Å². The lowest BCUT2D eigenvalue weighted by atomic mass is 10.2. The maximum Gasteiger partial charge on any atom is 0.162 e. The molecular formula is C22H21FN2OS. The van der Waals surface area contributed by atoms with Crippen molar-refractivity contribution in [2.24, 2.45) is 0 Å². The minimum atomic E-state index is -0.257. The van der Waals surface area contributed by atoms with Crippen LogP contribution < -0.4 is 4.90 Å². The summed E-state index contributed by atoms with van der Waals surface area (Å²) in [6.45, 7) is 5.67. The minimum Gasteiger partial charge on any atom is -0.454 e. The predicted octanol–water partition coefficient (Wildman–Crippen LogP) is 4.89. The van der Waals surface area contributed by atoms with Crippen LogP contribution in [0.25, 0.3) is 11.3 Å². The summed E-state index contributed by atoms with van der Waals surface area (Å²) in [7, 11) is 0. The topological polar surface area (TPSA) is 19.6 Å². The molecule has 3 aromatic rings. The highest BCUT2D eigenvalue weighted by atomic mass is 32.1. The molecule has 0 amide bonds. The Hall–Kier alpha value is -2.66. The molecule has 5 heteroatoms. The molecule has 1 aliphatic rings. The molecule has 138 valence electrons. The zero-order chi connectivity index (χ0) is 18.8. The van der Waals surface area contributed by atoms with Gasteiger partial charge >= 0.3 is 0 Å². The van der Waals surface area contributed by atoms with Gasteiger partial charge in [0.05, 0.1) is 0 Å². The summed E-state index contributed by atoms with van der Waals surface area (Å²) < 4.78 is 19.0. The van der Waals surface area contributed by atoms with Crippen molar-refractivity contribution in [1.29, 1.82) is 0 Å². The van der Waals surface area contributed by atoms with Gasteiger partial charge in [-0.25, -0.2) is 4.39 Å². The van der Waals surface area contributed by atoms with Crippen LogP contribution in [-0.2, 0) is 0 Å². The van der Waals surface area contributed by atoms with E-state index in [4.69, 9.17) is 16.6 Å². The van der Waals surface area contributed by atoms with Crippen LogP contribution in [-0.4, -0.2) is 36.1 Å². The van der Waals surface area contributed by atoms with Crippen molar-refractivity contribution in [2.75, 3.05) is 31.1 Å². The molecule has 2 heterocycles. The van der Waals surface area contributed by atoms with E-state index in [0.29, 0.717) is 11.5 Å². The van der Waals surface area contributed by atoms with Crippen LogP contribution in [0.3, 0.4) is 0 Å². The smallest absolute Gasteiger partial charge is 0.162 e. The molecule has 0 spiro atoms. The first-order valence-corrected chi connectivity index (χ1v) is 9.48. The SMILES string of the molecule is Cc1ccc(N2CCN(C(=S)c3ccc(-c4ccc(F)cc4)o3)CC2)cc1. The summed E-state index contributed by atoms with van der Waals surface area (Å²) in [5.74, 6) is 1.13. The molecule has 2 aromatic carbocycles. The second kappa shape index (κ2) is 7.53. The fourth-order valence-corrected chi connectivity index (χ4v) is 3.59. The summed E-state index contributed by atoms with van der Waals surface area (Å²) in [5, 5.41) is 0. The van der Waals surface area contributed by atoms with E-state index in [0.717, 1.165) is 36.7 Å². The highest BCUT2D eigenvalue weighted by molar-refractivity contribution is 7.80. The Balaban J connectivity index is 1.41. The van der Waals surface area contributed by atoms with Gasteiger partial charge in [0.25, 0.3) is 0 Å². The number of aryl methyl sites for hydroxylation is 1. The average molecular weight is 380 g/mol. The number of hydrogen-bond acceptors (Lipinski definition) is 3. The largest absolute Gasteiger partial charge is 0.454 e. The van der Waals surface area contributed by atoms with Gasteiger partial charge in [0.2, 0.25) is 0 Å². The molecule has 0 N–H and O–H groups in total. The molecule has 0 bridgehead atoms. The normalized spacial score (nSPS) is 14.4. The molecule has 4 rings (SSSR count). The van der Waals surface area contributed by atoms with Crippen LogP contribution in [0.5, 0.6) is 0 Å². The molecule has 1 aromatic heterocycles. The lowest BCUT2D eigenvalue weighted by Gasteiger charge is -2.37. The fourth-order valence-electron chi connectivity index (χ4n) is 3.30. The van der Waals surface area contributed by atoms with E-state index in [1.54, 1.807) is 12.1 Å². The summed E-state index contributed by atoms with van der Waals surface area (Å²) >= 11 is 5.65. The average Bonchev–Trinajstić information content (AvgIpc) is 3.19. The van der Waals surface area contributed by atoms with E-state index in [9.17, 15) is 4.39 Å². The van der Waals surface area contributed by atoms with Gasteiger partial charge in [0.15, 0.2) is 5.76 Å². The zero-order valence-electron chi connectivity index (χ0n) is 15.2. The second-order valence-electron chi connectivity index (χ2n) is 6.79. The van der Waals surface area contributed by atoms with Gasteiger partial charge in [-0.2, -0.15) is 0 Å². The number of piperazine rings is 1. The number of thiocarbonyl (C=S) groups is 1. The van der Waals surface area contributed by atoms with Crippen molar-refractivity contribution in [2.45, 2.75) is 6.92 Å². The first kappa shape index (κ1) is 17.7. The molecule has 3 nitrogen and oxygen atoms in total. The summed E-state index contributed by atoms with van der Waals surface area (Å²) in [5.41, 5.74) is 3.37. The molecule has 0 atom stereocenters. The lowest BCUT2D eigenvalue weighted by Crippen LogP contribution is -2.48. The first-order chi connectivity index (χ1) is 13.1. The number of anilines is 1. The number of nitrogens with zero attached hydrogens (tertiary/aromatic N) is 2. The second-order valence-corrected chi connectivity index (χ2v) is 7.17. The van der Waals surface area contributed by atoms with Crippen LogP contribution in [0.4, 0.5) is 10.1 Å². The molecule has 1 saturated heterocycles. The van der Waals surface area contributed by atoms with Gasteiger partial charge in [-0.15, -0.1) is 0 Å². The molecule has 0 saturated carbocycles. The molecule has 27 heavy (non-hydrogen) atoms. The summed E-state index contributed by atoms with van der Waals surface area (Å²) in [6, 6.07) is 18.7. The molecule has 0 unspecified atom stereocenters. The molecule has 0 radical (unpaired) electrons. The Morgan fingerprint density at radius 3 is 2.22 bits per heavy atom. The molecule has 1 fully saturated rings. The maximum absolute atomic E-state index is 13.1. The van der Waals surface area contributed by atoms with Gasteiger partial charge in [-0.3, -0.25) is 0 Å². The summed E-state index contributed by atoms with van der Waals surface area (Å²) in [4.78, 5) is 5.30. The third-order valence-corrected chi connectivity index (χ3v) is 5.37. The van der Waals surface area contributed by atoms with Gasteiger partial charge < -0.3 is 14.2 Å². The standard InChI is InChI=1S/C22H21FN2OS/c1-16-2-8-19(9-3-16)24-12-14-25(15-13-24)22(27)21-11-10-20(26-21)17-4-6-18(23)7-5-17/h2-11H,12-15H2,1H3. The number of hydrogen-bond donors (Lipinski definition) is 0. The molecule has 0 aliphatic carbocycles. The van der Waals surface area contributed by atoms with Crippen LogP contribution in [0.2, 0.25) is 0 Å². The van der Waals surface area contributed by atoms with E-state index in [-0.39, 0.29) is 5.82 Å². The van der Waals surface area contributed by atoms with Crippen LogP contribution in [0.1, 0.15) is 11.3 Å². The quantitative estimate of drug-likeness (QED) is 0.602. The van der Waals surface area contributed by atoms with Gasteiger partial charge in [0.1, 0.15) is 16.6 Å². The van der Waals surface area contributed by atoms with Crippen LogP contribution >= 0.6 is 12.2 Å². The van der Waals surface area contributed by atoms with E-state index in [1.165, 1.54) is 23.4 Å². The summed E-state index contributed by atoms with van der Waals surface area (Å²) in [6.07, 6.45) is 0. The van der Waals surface area contributed by atoms with E-state index in [2.05, 4.69) is 41.0 Å². The van der Waals surface area contributed by atoms with E-state index < -0.39 is 0 Å². The lowest BCUT2D eigenvalue weighted by molar-refractivity contribution is 0.385. The molecule has 1 aliphatic heterocycles. The Morgan fingerprint density at radius 2 is 1.56 bits per heavy atom. The van der Waals surface area contributed by atoms with Crippen LogP contribution in [0, 0.1) is 12.7 Å². The maximum atomic E-state index is 13.1. The van der Waals surface area contributed by atoms with Gasteiger partial charge in [-0.1, -0.05) is 29.9 Å². The monoisotopic (exact) mass is 380 g/mol. The van der Waals surface area contributed by atoms with Crippen molar-refractivity contribution in [1.82, 2.24) is 4.90 Å². The first-order valence-electron chi connectivity index (χ1n) is 9.07. The van der Waals surface area contributed by atoms with Crippen molar-refractivity contribution in [3.05, 3.63) is 77.8 Å². The number of halogens is 1. The van der Waals surface area contributed by atoms with Gasteiger partial charge in [-0.05, 0) is 55.5 Å². The minimum absolute atomic E-state index is 0.257. The number of benzene rings is 2. The Labute approximate surface area is 164 Å². The predicted molar refractivity (Wildman–Crippen MR) is 111 cm³/mol. The van der Waals surface area contributed by atoms with E-state index in [1.807, 2.05) is 12.1 Å². The van der Waals surface area contributed by atoms with Crippen molar-refractivity contribution >= 4 is 22.9 Å². The highest BCUT2D eigenvalue weighted by Crippen LogP contribution is 2.24. The Kier molecular flexibility index (Phi) is 4.94. The Bertz CT molecular complexity index is 926. The number of furan rings is 1. The highest BCUT2D eigenvalue weighted by Gasteiger charge is 2.22. The van der Waals surface area contributed by atoms with Crippen molar-refractivity contribution in [3.8, 4) is 11.3 Å².